The number of aliphatic hydroxyl groups is 1. The fraction of sp³-hybridized carbons (Fsp3) is 0.370. The molecule has 38 heavy (non-hydrogen) atoms. The van der Waals surface area contributed by atoms with E-state index in [0.29, 0.717) is 24.5 Å². The Kier molecular flexibility index (Phi) is 6.66. The van der Waals surface area contributed by atoms with Crippen LogP contribution in [-0.4, -0.2) is 63.4 Å². The Morgan fingerprint density at radius 1 is 1.24 bits per heavy atom. The average molecular weight is 527 g/mol. The van der Waals surface area contributed by atoms with Gasteiger partial charge in [0, 0.05) is 24.7 Å². The van der Waals surface area contributed by atoms with Gasteiger partial charge in [-0.2, -0.15) is 0 Å². The number of aromatic nitrogens is 3. The molecular weight excluding hydrogens is 498 g/mol. The van der Waals surface area contributed by atoms with Gasteiger partial charge in [0.15, 0.2) is 0 Å². The first-order valence-corrected chi connectivity index (χ1v) is 12.2. The van der Waals surface area contributed by atoms with Crippen LogP contribution >= 0.6 is 0 Å². The molecular formula is C27H28F2N4O5. The second-order valence-electron chi connectivity index (χ2n) is 9.86. The molecule has 0 spiro atoms. The van der Waals surface area contributed by atoms with Crippen molar-refractivity contribution >= 4 is 11.7 Å². The maximum Gasteiger partial charge on any atom is 0.409 e. The first kappa shape index (κ1) is 25.8. The summed E-state index contributed by atoms with van der Waals surface area (Å²) in [6.45, 7) is 5.94. The highest BCUT2D eigenvalue weighted by molar-refractivity contribution is 5.71. The summed E-state index contributed by atoms with van der Waals surface area (Å²) in [7, 11) is 1.32. The number of fused-ring (bicyclic) bond motifs is 1. The summed E-state index contributed by atoms with van der Waals surface area (Å²) in [6, 6.07) is 5.97. The van der Waals surface area contributed by atoms with E-state index in [9.17, 15) is 9.90 Å². The van der Waals surface area contributed by atoms with Crippen molar-refractivity contribution in [2.75, 3.05) is 26.8 Å². The maximum atomic E-state index is 15.6. The molecule has 0 saturated carbocycles. The molecule has 3 aromatic heterocycles. The number of amides is 1. The van der Waals surface area contributed by atoms with E-state index < -0.39 is 29.4 Å². The number of benzene rings is 1. The number of carbonyl (C=O) groups is 1. The second kappa shape index (κ2) is 9.80. The summed E-state index contributed by atoms with van der Waals surface area (Å²) >= 11 is 0. The molecule has 1 amide bonds. The normalized spacial score (nSPS) is 16.3. The molecule has 1 atom stereocenters. The number of carbonyl (C=O) groups excluding carboxylic acids is 1. The largest absolute Gasteiger partial charge is 0.453 e. The van der Waals surface area contributed by atoms with Gasteiger partial charge >= 0.3 is 6.09 Å². The molecule has 1 aliphatic rings. The van der Waals surface area contributed by atoms with Gasteiger partial charge < -0.3 is 28.3 Å². The molecule has 9 nitrogen and oxygen atoms in total. The highest BCUT2D eigenvalue weighted by Crippen LogP contribution is 2.34. The van der Waals surface area contributed by atoms with Gasteiger partial charge in [-0.3, -0.25) is 0 Å². The molecule has 0 bridgehead atoms. The molecule has 0 radical (unpaired) electrons. The van der Waals surface area contributed by atoms with Crippen molar-refractivity contribution in [2.45, 2.75) is 38.9 Å². The molecule has 1 N–H and O–H groups in total. The Balaban J connectivity index is 1.56. The Hall–Kier alpha value is -3.83. The van der Waals surface area contributed by atoms with Crippen LogP contribution in [0.15, 0.2) is 41.1 Å². The van der Waals surface area contributed by atoms with Crippen LogP contribution in [0.5, 0.6) is 0 Å². The van der Waals surface area contributed by atoms with Crippen LogP contribution < -0.4 is 0 Å². The lowest BCUT2D eigenvalue weighted by Gasteiger charge is -2.32. The lowest BCUT2D eigenvalue weighted by Crippen LogP contribution is -2.46. The molecule has 1 aromatic carbocycles. The molecule has 1 saturated heterocycles. The first-order chi connectivity index (χ1) is 18.0. The average Bonchev–Trinajstić information content (AvgIpc) is 3.49. The summed E-state index contributed by atoms with van der Waals surface area (Å²) in [5.74, 6) is -1.70. The first-order valence-electron chi connectivity index (χ1n) is 12.2. The van der Waals surface area contributed by atoms with Crippen LogP contribution in [0.1, 0.15) is 30.8 Å². The summed E-state index contributed by atoms with van der Waals surface area (Å²) in [5.41, 5.74) is 0.916. The molecule has 11 heteroatoms. The van der Waals surface area contributed by atoms with Crippen molar-refractivity contribution in [3.8, 4) is 22.7 Å². The standard InChI is InChI=1S/C27H28F2N4O5/c1-15-5-6-33-20(12-17-13-32(7-8-37-17)26(34)36-4)24(31-22(33)9-15)23-18(28)10-16(11-19(23)29)25-30-21(14-38-25)27(2,3)35/h5-6,9-11,14,17,35H,7-8,12-13H2,1-4H3. The molecule has 1 fully saturated rings. The number of hydrogen-bond acceptors (Lipinski definition) is 7. The van der Waals surface area contributed by atoms with Gasteiger partial charge in [0.2, 0.25) is 5.89 Å². The highest BCUT2D eigenvalue weighted by atomic mass is 19.1. The molecule has 4 heterocycles. The van der Waals surface area contributed by atoms with Gasteiger partial charge in [0.25, 0.3) is 0 Å². The van der Waals surface area contributed by atoms with Crippen molar-refractivity contribution in [1.82, 2.24) is 19.3 Å². The van der Waals surface area contributed by atoms with Crippen molar-refractivity contribution in [2.24, 2.45) is 0 Å². The van der Waals surface area contributed by atoms with Crippen molar-refractivity contribution in [1.29, 1.82) is 0 Å². The Labute approximate surface area is 217 Å². The third kappa shape index (κ3) is 4.86. The van der Waals surface area contributed by atoms with Crippen LogP contribution in [0.3, 0.4) is 0 Å². The van der Waals surface area contributed by atoms with Crippen LogP contribution in [0.4, 0.5) is 13.6 Å². The monoisotopic (exact) mass is 526 g/mol. The van der Waals surface area contributed by atoms with Crippen LogP contribution in [0.25, 0.3) is 28.4 Å². The molecule has 0 aliphatic carbocycles. The van der Waals surface area contributed by atoms with Crippen LogP contribution in [0, 0.1) is 18.6 Å². The van der Waals surface area contributed by atoms with Gasteiger partial charge in [0.1, 0.15) is 34.8 Å². The SMILES string of the molecule is COC(=O)N1CCOC(Cc2c(-c3c(F)cc(-c4nc(C(C)(C)O)co4)cc3F)nc3cc(C)ccn23)C1. The number of aryl methyl sites for hydroxylation is 1. The molecule has 1 aliphatic heterocycles. The fourth-order valence-electron chi connectivity index (χ4n) is 4.56. The Morgan fingerprint density at radius 2 is 1.97 bits per heavy atom. The topological polar surface area (TPSA) is 102 Å². The highest BCUT2D eigenvalue weighted by Gasteiger charge is 2.29. The fourth-order valence-corrected chi connectivity index (χ4v) is 4.56. The van der Waals surface area contributed by atoms with E-state index in [1.807, 2.05) is 19.1 Å². The van der Waals surface area contributed by atoms with Crippen LogP contribution in [0.2, 0.25) is 0 Å². The van der Waals surface area contributed by atoms with Crippen molar-refractivity contribution in [3.63, 3.8) is 0 Å². The minimum atomic E-state index is -1.27. The second-order valence-corrected chi connectivity index (χ2v) is 9.86. The van der Waals surface area contributed by atoms with Gasteiger partial charge in [-0.15, -0.1) is 0 Å². The number of morpholine rings is 1. The van der Waals surface area contributed by atoms with E-state index in [0.717, 1.165) is 17.7 Å². The molecule has 5 rings (SSSR count). The zero-order chi connectivity index (χ0) is 27.2. The number of pyridine rings is 1. The number of nitrogens with zero attached hydrogens (tertiary/aromatic N) is 4. The summed E-state index contributed by atoms with van der Waals surface area (Å²) in [5, 5.41) is 10.1. The quantitative estimate of drug-likeness (QED) is 0.409. The molecule has 200 valence electrons. The zero-order valence-electron chi connectivity index (χ0n) is 21.5. The third-order valence-corrected chi connectivity index (χ3v) is 6.53. The number of hydrogen-bond donors (Lipinski definition) is 1. The Morgan fingerprint density at radius 3 is 2.63 bits per heavy atom. The van der Waals surface area contributed by atoms with Crippen LogP contribution in [-0.2, 0) is 21.5 Å². The number of methoxy groups -OCH3 is 1. The van der Waals surface area contributed by atoms with E-state index >= 15 is 8.78 Å². The lowest BCUT2D eigenvalue weighted by atomic mass is 10.0. The Bertz CT molecular complexity index is 1480. The zero-order valence-corrected chi connectivity index (χ0v) is 21.5. The third-order valence-electron chi connectivity index (χ3n) is 6.53. The summed E-state index contributed by atoms with van der Waals surface area (Å²) < 4.78 is 49.1. The van der Waals surface area contributed by atoms with Gasteiger partial charge in [-0.1, -0.05) is 0 Å². The van der Waals surface area contributed by atoms with Gasteiger partial charge in [0.05, 0.1) is 43.3 Å². The van der Waals surface area contributed by atoms with Gasteiger partial charge in [-0.05, 0) is 50.6 Å². The molecule has 1 unspecified atom stereocenters. The predicted octanol–water partition coefficient (Wildman–Crippen LogP) is 4.48. The predicted molar refractivity (Wildman–Crippen MR) is 133 cm³/mol. The minimum absolute atomic E-state index is 0.0177. The van der Waals surface area contributed by atoms with E-state index in [4.69, 9.17) is 13.9 Å². The lowest BCUT2D eigenvalue weighted by molar-refractivity contribution is -0.0241. The maximum absolute atomic E-state index is 15.6. The number of oxazole rings is 1. The summed E-state index contributed by atoms with van der Waals surface area (Å²) in [6.07, 6.45) is 2.41. The van der Waals surface area contributed by atoms with Crippen molar-refractivity contribution in [3.05, 3.63) is 65.3 Å². The minimum Gasteiger partial charge on any atom is -0.453 e. The number of rotatable bonds is 5. The molecule has 4 aromatic rings. The van der Waals surface area contributed by atoms with E-state index in [-0.39, 0.29) is 41.4 Å². The van der Waals surface area contributed by atoms with Gasteiger partial charge in [-0.25, -0.2) is 23.5 Å². The number of imidazole rings is 1. The van der Waals surface area contributed by atoms with Crippen molar-refractivity contribution < 1.29 is 32.6 Å². The van der Waals surface area contributed by atoms with E-state index in [1.165, 1.54) is 32.1 Å². The number of ether oxygens (including phenoxy) is 2. The number of halogens is 2. The summed E-state index contributed by atoms with van der Waals surface area (Å²) in [4.78, 5) is 22.4. The smallest absolute Gasteiger partial charge is 0.409 e. The van der Waals surface area contributed by atoms with E-state index in [1.54, 1.807) is 10.6 Å². The van der Waals surface area contributed by atoms with E-state index in [2.05, 4.69) is 9.97 Å².